The van der Waals surface area contributed by atoms with E-state index < -0.39 is 11.9 Å². The Balaban J connectivity index is 0.000000261. The predicted molar refractivity (Wildman–Crippen MR) is 83.1 cm³/mol. The molecule has 0 aromatic carbocycles. The summed E-state index contributed by atoms with van der Waals surface area (Å²) in [7, 11) is 0. The molecule has 0 saturated carbocycles. The molecular weight excluding hydrogens is 310 g/mol. The summed E-state index contributed by atoms with van der Waals surface area (Å²) >= 11 is 5.83. The number of hydrogen-bond donors (Lipinski definition) is 3. The van der Waals surface area contributed by atoms with Crippen LogP contribution in [0.3, 0.4) is 0 Å². The van der Waals surface area contributed by atoms with Gasteiger partial charge in [-0.15, -0.1) is 0 Å². The number of piperidine rings is 1. The van der Waals surface area contributed by atoms with Crippen LogP contribution in [0.5, 0.6) is 0 Å². The first-order chi connectivity index (χ1) is 10.4. The molecule has 0 bridgehead atoms. The third-order valence-corrected chi connectivity index (χ3v) is 3.14. The van der Waals surface area contributed by atoms with Gasteiger partial charge in [0.25, 0.3) is 0 Å². The van der Waals surface area contributed by atoms with Gasteiger partial charge in [-0.1, -0.05) is 17.7 Å². The zero-order valence-corrected chi connectivity index (χ0v) is 12.6. The predicted octanol–water partition coefficient (Wildman–Crippen LogP) is 1.37. The zero-order valence-electron chi connectivity index (χ0n) is 11.9. The molecule has 1 aliphatic heterocycles. The van der Waals surface area contributed by atoms with Crippen molar-refractivity contribution in [3.8, 4) is 0 Å². The Kier molecular flexibility index (Phi) is 7.34. The molecule has 2 heterocycles. The lowest BCUT2D eigenvalue weighted by Gasteiger charge is -2.31. The number of halogens is 1. The Labute approximate surface area is 133 Å². The first-order valence-electron chi connectivity index (χ1n) is 6.65. The Morgan fingerprint density at radius 1 is 1.23 bits per heavy atom. The molecule has 0 atom stereocenters. The number of rotatable bonds is 3. The molecule has 0 radical (unpaired) electrons. The van der Waals surface area contributed by atoms with E-state index >= 15 is 0 Å². The highest BCUT2D eigenvalue weighted by Gasteiger charge is 2.16. The van der Waals surface area contributed by atoms with Crippen molar-refractivity contribution in [1.29, 1.82) is 0 Å². The Morgan fingerprint density at radius 3 is 2.23 bits per heavy atom. The van der Waals surface area contributed by atoms with Gasteiger partial charge in [0.2, 0.25) is 0 Å². The minimum Gasteiger partial charge on any atom is -0.478 e. The Hall–Kier alpha value is -2.12. The van der Waals surface area contributed by atoms with Crippen LogP contribution in [0.2, 0.25) is 5.15 Å². The van der Waals surface area contributed by atoms with Gasteiger partial charge in [-0.25, -0.2) is 14.6 Å². The highest BCUT2D eigenvalue weighted by atomic mass is 35.5. The minimum absolute atomic E-state index is 0.352. The Bertz CT molecular complexity index is 527. The number of carboxylic acids is 2. The third kappa shape index (κ3) is 7.05. The van der Waals surface area contributed by atoms with Gasteiger partial charge in [0, 0.05) is 31.3 Å². The van der Waals surface area contributed by atoms with Crippen molar-refractivity contribution in [3.63, 3.8) is 0 Å². The minimum atomic E-state index is -1.26. The average Bonchev–Trinajstić information content (AvgIpc) is 2.46. The summed E-state index contributed by atoms with van der Waals surface area (Å²) in [6, 6.07) is 6.06. The van der Waals surface area contributed by atoms with Gasteiger partial charge in [-0.2, -0.15) is 0 Å². The van der Waals surface area contributed by atoms with Gasteiger partial charge >= 0.3 is 11.9 Å². The summed E-state index contributed by atoms with van der Waals surface area (Å²) in [5, 5.41) is 16.2. The van der Waals surface area contributed by atoms with Crippen LogP contribution in [0.1, 0.15) is 12.8 Å². The van der Waals surface area contributed by atoms with E-state index in [1.807, 2.05) is 12.1 Å². The molecule has 1 aliphatic rings. The molecule has 0 spiro atoms. The largest absolute Gasteiger partial charge is 0.478 e. The van der Waals surface area contributed by atoms with E-state index in [0.29, 0.717) is 23.3 Å². The fourth-order valence-electron chi connectivity index (χ4n) is 1.84. The van der Waals surface area contributed by atoms with Crippen LogP contribution < -0.4 is 10.6 Å². The fourth-order valence-corrected chi connectivity index (χ4v) is 2.00. The maximum atomic E-state index is 9.55. The lowest BCUT2D eigenvalue weighted by Crippen LogP contribution is -2.40. The van der Waals surface area contributed by atoms with E-state index in [-0.39, 0.29) is 0 Å². The number of anilines is 1. The number of carbonyl (C=O) groups is 2. The molecule has 1 fully saturated rings. The van der Waals surface area contributed by atoms with Crippen LogP contribution in [0.25, 0.3) is 0 Å². The van der Waals surface area contributed by atoms with Crippen molar-refractivity contribution in [3.05, 3.63) is 35.5 Å². The van der Waals surface area contributed by atoms with Crippen LogP contribution >= 0.6 is 11.6 Å². The van der Waals surface area contributed by atoms with Crippen molar-refractivity contribution in [1.82, 2.24) is 4.98 Å². The van der Waals surface area contributed by atoms with Crippen LogP contribution in [0, 0.1) is 0 Å². The second kappa shape index (κ2) is 9.01. The maximum absolute atomic E-state index is 9.55. The molecule has 120 valence electrons. The van der Waals surface area contributed by atoms with Gasteiger partial charge in [0.15, 0.2) is 0 Å². The molecule has 8 heteroatoms. The summed E-state index contributed by atoms with van der Waals surface area (Å²) in [5.74, 6) is -1.55. The van der Waals surface area contributed by atoms with Gasteiger partial charge in [0.1, 0.15) is 11.0 Å². The number of carboxylic acid groups (broad SMARTS) is 2. The SMILES string of the molecule is NC1CCN(c2cccc(Cl)n2)CC1.O=C(O)/C=C/C(=O)O. The summed E-state index contributed by atoms with van der Waals surface area (Å²) in [5.41, 5.74) is 5.83. The molecule has 22 heavy (non-hydrogen) atoms. The quantitative estimate of drug-likeness (QED) is 0.567. The highest BCUT2D eigenvalue weighted by molar-refractivity contribution is 6.29. The molecule has 2 rings (SSSR count). The number of aliphatic carboxylic acids is 2. The van der Waals surface area contributed by atoms with E-state index in [1.54, 1.807) is 6.07 Å². The summed E-state index contributed by atoms with van der Waals surface area (Å²) in [6.45, 7) is 1.96. The van der Waals surface area contributed by atoms with Crippen molar-refractivity contribution in [2.75, 3.05) is 18.0 Å². The summed E-state index contributed by atoms with van der Waals surface area (Å²) in [4.78, 5) is 25.6. The first-order valence-corrected chi connectivity index (χ1v) is 7.03. The molecule has 0 aliphatic carbocycles. The maximum Gasteiger partial charge on any atom is 0.328 e. The van der Waals surface area contributed by atoms with Gasteiger partial charge < -0.3 is 20.8 Å². The topological polar surface area (TPSA) is 117 Å². The smallest absolute Gasteiger partial charge is 0.328 e. The van der Waals surface area contributed by atoms with Crippen LogP contribution in [0.15, 0.2) is 30.4 Å². The number of aromatic nitrogens is 1. The molecule has 0 unspecified atom stereocenters. The molecule has 4 N–H and O–H groups in total. The number of nitrogens with zero attached hydrogens (tertiary/aromatic N) is 2. The van der Waals surface area contributed by atoms with Gasteiger partial charge in [-0.05, 0) is 25.0 Å². The van der Waals surface area contributed by atoms with E-state index in [2.05, 4.69) is 9.88 Å². The number of hydrogen-bond acceptors (Lipinski definition) is 5. The van der Waals surface area contributed by atoms with Crippen LogP contribution in [-0.4, -0.2) is 46.3 Å². The monoisotopic (exact) mass is 327 g/mol. The second-order valence-corrected chi connectivity index (χ2v) is 5.04. The lowest BCUT2D eigenvalue weighted by atomic mass is 10.1. The van der Waals surface area contributed by atoms with E-state index in [0.717, 1.165) is 31.7 Å². The Morgan fingerprint density at radius 2 is 1.77 bits per heavy atom. The second-order valence-electron chi connectivity index (χ2n) is 4.65. The third-order valence-electron chi connectivity index (χ3n) is 2.93. The summed E-state index contributed by atoms with van der Waals surface area (Å²) < 4.78 is 0. The van der Waals surface area contributed by atoms with Crippen LogP contribution in [-0.2, 0) is 9.59 Å². The van der Waals surface area contributed by atoms with Crippen LogP contribution in [0.4, 0.5) is 5.82 Å². The molecule has 7 nitrogen and oxygen atoms in total. The normalized spacial score (nSPS) is 15.3. The van der Waals surface area contributed by atoms with Crippen molar-refractivity contribution < 1.29 is 19.8 Å². The van der Waals surface area contributed by atoms with Gasteiger partial charge in [-0.3, -0.25) is 0 Å². The van der Waals surface area contributed by atoms with E-state index in [4.69, 9.17) is 27.5 Å². The molecule has 1 aromatic rings. The first kappa shape index (κ1) is 17.9. The number of pyridine rings is 1. The molecular formula is C14H18ClN3O4. The average molecular weight is 328 g/mol. The lowest BCUT2D eigenvalue weighted by molar-refractivity contribution is -0.134. The summed E-state index contributed by atoms with van der Waals surface area (Å²) in [6.07, 6.45) is 3.19. The zero-order chi connectivity index (χ0) is 16.5. The fraction of sp³-hybridized carbons (Fsp3) is 0.357. The van der Waals surface area contributed by atoms with Gasteiger partial charge in [0.05, 0.1) is 0 Å². The van der Waals surface area contributed by atoms with E-state index in [1.165, 1.54) is 0 Å². The number of nitrogens with two attached hydrogens (primary N) is 1. The van der Waals surface area contributed by atoms with Crippen molar-refractivity contribution in [2.24, 2.45) is 5.73 Å². The standard InChI is InChI=1S/C10H14ClN3.C4H4O4/c11-9-2-1-3-10(13-9)14-6-4-8(12)5-7-14;5-3(6)1-2-4(7)8/h1-3,8H,4-7,12H2;1-2H,(H,5,6)(H,7,8)/b;2-1+. The molecule has 1 aromatic heterocycles. The molecule has 1 saturated heterocycles. The van der Waals surface area contributed by atoms with E-state index in [9.17, 15) is 9.59 Å². The van der Waals surface area contributed by atoms with Crippen molar-refractivity contribution in [2.45, 2.75) is 18.9 Å². The van der Waals surface area contributed by atoms with Crippen molar-refractivity contribution >= 4 is 29.4 Å². The molecule has 0 amide bonds. The highest BCUT2D eigenvalue weighted by Crippen LogP contribution is 2.18.